The smallest absolute Gasteiger partial charge is 0.269 e. The quantitative estimate of drug-likeness (QED) is 0.599. The molecule has 7 nitrogen and oxygen atoms in total. The van der Waals surface area contributed by atoms with E-state index in [2.05, 4.69) is 0 Å². The Hall–Kier alpha value is -3.32. The molecule has 0 aromatic heterocycles. The van der Waals surface area contributed by atoms with E-state index in [9.17, 15) is 19.7 Å². The molecule has 1 aliphatic carbocycles. The van der Waals surface area contributed by atoms with Crippen molar-refractivity contribution < 1.29 is 19.3 Å². The van der Waals surface area contributed by atoms with Gasteiger partial charge in [-0.25, -0.2) is 5.06 Å². The molecule has 1 heterocycles. The van der Waals surface area contributed by atoms with Gasteiger partial charge in [0.25, 0.3) is 5.69 Å². The van der Waals surface area contributed by atoms with Gasteiger partial charge >= 0.3 is 0 Å². The molecule has 2 aromatic rings. The van der Waals surface area contributed by atoms with Crippen molar-refractivity contribution >= 4 is 22.9 Å². The fourth-order valence-corrected chi connectivity index (χ4v) is 3.91. The van der Waals surface area contributed by atoms with E-state index in [4.69, 9.17) is 4.84 Å². The maximum Gasteiger partial charge on any atom is 0.269 e. The van der Waals surface area contributed by atoms with Crippen LogP contribution in [0, 0.1) is 16.0 Å². The summed E-state index contributed by atoms with van der Waals surface area (Å²) in [6.45, 7) is 3.25. The van der Waals surface area contributed by atoms with Crippen molar-refractivity contribution in [3.63, 3.8) is 0 Å². The van der Waals surface area contributed by atoms with Crippen molar-refractivity contribution in [1.82, 2.24) is 0 Å². The summed E-state index contributed by atoms with van der Waals surface area (Å²) >= 11 is 0. The summed E-state index contributed by atoms with van der Waals surface area (Å²) in [6, 6.07) is 14.6. The highest BCUT2D eigenvalue weighted by Crippen LogP contribution is 2.51. The van der Waals surface area contributed by atoms with E-state index >= 15 is 0 Å². The Bertz CT molecular complexity index is 999. The third-order valence-electron chi connectivity index (χ3n) is 5.41. The zero-order valence-corrected chi connectivity index (χ0v) is 15.4. The average Bonchev–Trinajstić information content (AvgIpc) is 3.02. The number of allylic oxidation sites excluding steroid dienone is 1. The number of fused-ring (bicyclic) bond motifs is 1. The summed E-state index contributed by atoms with van der Waals surface area (Å²) in [7, 11) is 0. The first-order valence-electron chi connectivity index (χ1n) is 8.87. The van der Waals surface area contributed by atoms with Crippen molar-refractivity contribution in [2.24, 2.45) is 5.92 Å². The molecule has 2 aromatic carbocycles. The lowest BCUT2D eigenvalue weighted by Crippen LogP contribution is -2.48. The highest BCUT2D eigenvalue weighted by molar-refractivity contribution is 6.14. The van der Waals surface area contributed by atoms with Crippen LogP contribution in [0.3, 0.4) is 0 Å². The molecule has 4 rings (SSSR count). The van der Waals surface area contributed by atoms with Crippen LogP contribution in [0.4, 0.5) is 11.4 Å². The van der Waals surface area contributed by atoms with E-state index in [1.54, 1.807) is 31.0 Å². The number of carbonyl (C=O) groups excluding carboxylic acids is 2. The topological polar surface area (TPSA) is 89.8 Å². The first-order valence-corrected chi connectivity index (χ1v) is 8.87. The van der Waals surface area contributed by atoms with E-state index in [-0.39, 0.29) is 17.3 Å². The van der Waals surface area contributed by atoms with Crippen molar-refractivity contribution in [2.45, 2.75) is 25.5 Å². The Morgan fingerprint density at radius 2 is 1.71 bits per heavy atom. The molecule has 28 heavy (non-hydrogen) atoms. The summed E-state index contributed by atoms with van der Waals surface area (Å²) < 4.78 is 0. The number of nitrogens with zero attached hydrogens (tertiary/aromatic N) is 2. The molecule has 0 spiro atoms. The number of anilines is 1. The second kappa shape index (κ2) is 6.38. The monoisotopic (exact) mass is 378 g/mol. The van der Waals surface area contributed by atoms with Crippen LogP contribution in [0.25, 0.3) is 0 Å². The van der Waals surface area contributed by atoms with Gasteiger partial charge in [0.1, 0.15) is 0 Å². The second-order valence-corrected chi connectivity index (χ2v) is 7.19. The van der Waals surface area contributed by atoms with E-state index in [0.717, 1.165) is 0 Å². The van der Waals surface area contributed by atoms with Crippen molar-refractivity contribution in [3.05, 3.63) is 81.9 Å². The molecule has 0 amide bonds. The van der Waals surface area contributed by atoms with Crippen LogP contribution in [0.15, 0.2) is 66.2 Å². The number of hydrogen-bond acceptors (Lipinski definition) is 6. The first kappa shape index (κ1) is 18.1. The molecule has 0 radical (unpaired) electrons. The lowest BCUT2D eigenvalue weighted by atomic mass is 9.71. The molecule has 3 atom stereocenters. The number of nitro benzene ring substituents is 1. The third kappa shape index (κ3) is 2.63. The fraction of sp³-hybridized carbons (Fsp3) is 0.238. The van der Waals surface area contributed by atoms with Gasteiger partial charge in [-0.2, -0.15) is 0 Å². The zero-order chi connectivity index (χ0) is 20.1. The molecule has 1 fully saturated rings. The number of non-ortho nitro benzene ring substituents is 1. The van der Waals surface area contributed by atoms with Gasteiger partial charge in [0.2, 0.25) is 0 Å². The second-order valence-electron chi connectivity index (χ2n) is 7.19. The molecule has 1 aliphatic heterocycles. The number of ketones is 2. The van der Waals surface area contributed by atoms with Gasteiger partial charge < -0.3 is 0 Å². The number of benzene rings is 2. The van der Waals surface area contributed by atoms with E-state index in [1.165, 1.54) is 18.2 Å². The highest BCUT2D eigenvalue weighted by atomic mass is 16.7. The van der Waals surface area contributed by atoms with Gasteiger partial charge in [-0.05, 0) is 43.2 Å². The maximum absolute atomic E-state index is 13.1. The number of carbonyl (C=O) groups is 2. The standard InChI is InChI=1S/C21H18N2O5/c1-13-12-17(24)21(2)18(20(13)25)19(14-8-10-16(11-9-14)23(26)27)22(28-21)15-6-4-3-5-7-15/h3-12,18-19H,1-2H3/t18?,19-,21+/m0/s1. The predicted octanol–water partition coefficient (Wildman–Crippen LogP) is 3.56. The average molecular weight is 378 g/mol. The third-order valence-corrected chi connectivity index (χ3v) is 5.41. The van der Waals surface area contributed by atoms with Crippen LogP contribution in [0.5, 0.6) is 0 Å². The Kier molecular flexibility index (Phi) is 4.12. The number of nitro groups is 1. The van der Waals surface area contributed by atoms with Crippen LogP contribution in [-0.2, 0) is 14.4 Å². The zero-order valence-electron chi connectivity index (χ0n) is 15.4. The van der Waals surface area contributed by atoms with Crippen LogP contribution >= 0.6 is 0 Å². The lowest BCUT2D eigenvalue weighted by molar-refractivity contribution is -0.384. The van der Waals surface area contributed by atoms with Crippen LogP contribution in [0.2, 0.25) is 0 Å². The van der Waals surface area contributed by atoms with Gasteiger partial charge in [-0.3, -0.25) is 24.5 Å². The summed E-state index contributed by atoms with van der Waals surface area (Å²) in [6.07, 6.45) is 1.33. The molecular weight excluding hydrogens is 360 g/mol. The molecule has 1 unspecified atom stereocenters. The number of hydroxylamine groups is 1. The van der Waals surface area contributed by atoms with E-state index in [1.807, 2.05) is 30.3 Å². The number of Topliss-reactive ketones (excluding diaryl/α,β-unsaturated/α-hetero) is 1. The largest absolute Gasteiger partial charge is 0.294 e. The minimum atomic E-state index is -1.33. The minimum absolute atomic E-state index is 0.0428. The SMILES string of the molecule is CC1=CC(=O)[C@@]2(C)ON(c3ccccc3)[C@@H](c3ccc([N+](=O)[O-])cc3)C2C1=O. The highest BCUT2D eigenvalue weighted by Gasteiger charge is 2.61. The Balaban J connectivity index is 1.87. The van der Waals surface area contributed by atoms with Gasteiger partial charge in [-0.1, -0.05) is 30.3 Å². The maximum atomic E-state index is 13.1. The number of rotatable bonds is 3. The van der Waals surface area contributed by atoms with E-state index in [0.29, 0.717) is 16.8 Å². The Labute approximate surface area is 161 Å². The molecule has 7 heteroatoms. The van der Waals surface area contributed by atoms with Gasteiger partial charge in [0, 0.05) is 12.1 Å². The molecular formula is C21H18N2O5. The summed E-state index contributed by atoms with van der Waals surface area (Å²) in [4.78, 5) is 42.5. The van der Waals surface area contributed by atoms with Gasteiger partial charge in [-0.15, -0.1) is 0 Å². The molecule has 2 aliphatic rings. The Morgan fingerprint density at radius 3 is 2.32 bits per heavy atom. The molecule has 0 N–H and O–H groups in total. The van der Waals surface area contributed by atoms with Crippen LogP contribution < -0.4 is 5.06 Å². The molecule has 0 bridgehead atoms. The Morgan fingerprint density at radius 1 is 1.07 bits per heavy atom. The van der Waals surface area contributed by atoms with Crippen LogP contribution in [0.1, 0.15) is 25.5 Å². The molecule has 1 saturated heterocycles. The molecule has 0 saturated carbocycles. The predicted molar refractivity (Wildman–Crippen MR) is 102 cm³/mol. The molecule has 142 valence electrons. The summed E-state index contributed by atoms with van der Waals surface area (Å²) in [5, 5.41) is 12.6. The minimum Gasteiger partial charge on any atom is -0.294 e. The fourth-order valence-electron chi connectivity index (χ4n) is 3.91. The van der Waals surface area contributed by atoms with E-state index < -0.39 is 22.5 Å². The summed E-state index contributed by atoms with van der Waals surface area (Å²) in [5.41, 5.74) is 0.370. The van der Waals surface area contributed by atoms with Gasteiger partial charge in [0.05, 0.1) is 22.6 Å². The first-order chi connectivity index (χ1) is 13.3. The van der Waals surface area contributed by atoms with Crippen molar-refractivity contribution in [1.29, 1.82) is 0 Å². The van der Waals surface area contributed by atoms with Crippen LogP contribution in [-0.4, -0.2) is 22.1 Å². The number of hydrogen-bond donors (Lipinski definition) is 0. The van der Waals surface area contributed by atoms with Crippen molar-refractivity contribution in [3.8, 4) is 0 Å². The van der Waals surface area contributed by atoms with Crippen molar-refractivity contribution in [2.75, 3.05) is 5.06 Å². The number of para-hydroxylation sites is 1. The summed E-state index contributed by atoms with van der Waals surface area (Å²) in [5.74, 6) is -1.18. The normalized spacial score (nSPS) is 26.8. The van der Waals surface area contributed by atoms with Gasteiger partial charge in [0.15, 0.2) is 17.2 Å². The lowest BCUT2D eigenvalue weighted by Gasteiger charge is -2.30.